The summed E-state index contributed by atoms with van der Waals surface area (Å²) in [5, 5.41) is 4.99. The standard InChI is InChI=1S/C14H17ClN2/c1-3-10(9-16-2)12-8-11-6-4-5-7-13(11)17-14(12)15/h4-8,10,16H,3,9H2,1-2H3. The molecule has 0 spiro atoms. The molecule has 1 aromatic carbocycles. The predicted octanol–water partition coefficient (Wildman–Crippen LogP) is 3.60. The average molecular weight is 249 g/mol. The van der Waals surface area contributed by atoms with Crippen molar-refractivity contribution >= 4 is 22.5 Å². The number of rotatable bonds is 4. The Hall–Kier alpha value is -1.12. The van der Waals surface area contributed by atoms with Crippen LogP contribution in [0.5, 0.6) is 0 Å². The lowest BCUT2D eigenvalue weighted by atomic mass is 9.96. The third-order valence-corrected chi connectivity index (χ3v) is 3.39. The molecule has 0 aliphatic rings. The minimum Gasteiger partial charge on any atom is -0.319 e. The Bertz CT molecular complexity index is 511. The molecule has 1 N–H and O–H groups in total. The molecule has 2 aromatic rings. The van der Waals surface area contributed by atoms with E-state index < -0.39 is 0 Å². The largest absolute Gasteiger partial charge is 0.319 e. The van der Waals surface area contributed by atoms with Gasteiger partial charge in [0.05, 0.1) is 5.52 Å². The Balaban J connectivity index is 2.49. The highest BCUT2D eigenvalue weighted by molar-refractivity contribution is 6.30. The van der Waals surface area contributed by atoms with Crippen LogP contribution in [0.2, 0.25) is 5.15 Å². The highest BCUT2D eigenvalue weighted by Gasteiger charge is 2.14. The Labute approximate surface area is 107 Å². The summed E-state index contributed by atoms with van der Waals surface area (Å²) < 4.78 is 0. The first kappa shape index (κ1) is 12.3. The van der Waals surface area contributed by atoms with Gasteiger partial charge in [-0.05, 0) is 37.1 Å². The van der Waals surface area contributed by atoms with Gasteiger partial charge < -0.3 is 5.32 Å². The molecule has 1 unspecified atom stereocenters. The monoisotopic (exact) mass is 248 g/mol. The maximum absolute atomic E-state index is 6.27. The number of para-hydroxylation sites is 1. The summed E-state index contributed by atoms with van der Waals surface area (Å²) in [5.74, 6) is 0.421. The van der Waals surface area contributed by atoms with E-state index in [1.165, 1.54) is 0 Å². The normalized spacial score (nSPS) is 12.9. The van der Waals surface area contributed by atoms with Crippen molar-refractivity contribution in [1.29, 1.82) is 0 Å². The van der Waals surface area contributed by atoms with E-state index in [1.807, 2.05) is 25.2 Å². The summed E-state index contributed by atoms with van der Waals surface area (Å²) in [7, 11) is 1.96. The van der Waals surface area contributed by atoms with Crippen LogP contribution in [0.25, 0.3) is 10.9 Å². The van der Waals surface area contributed by atoms with Gasteiger partial charge in [-0.2, -0.15) is 0 Å². The number of fused-ring (bicyclic) bond motifs is 1. The second-order valence-corrected chi connectivity index (χ2v) is 4.58. The third kappa shape index (κ3) is 2.59. The lowest BCUT2D eigenvalue weighted by Gasteiger charge is -2.16. The van der Waals surface area contributed by atoms with E-state index in [-0.39, 0.29) is 0 Å². The van der Waals surface area contributed by atoms with Crippen LogP contribution in [-0.4, -0.2) is 18.6 Å². The summed E-state index contributed by atoms with van der Waals surface area (Å²) >= 11 is 6.27. The summed E-state index contributed by atoms with van der Waals surface area (Å²) in [5.41, 5.74) is 2.10. The van der Waals surface area contributed by atoms with E-state index >= 15 is 0 Å². The highest BCUT2D eigenvalue weighted by atomic mass is 35.5. The van der Waals surface area contributed by atoms with Gasteiger partial charge >= 0.3 is 0 Å². The Morgan fingerprint density at radius 1 is 1.35 bits per heavy atom. The van der Waals surface area contributed by atoms with Crippen LogP contribution < -0.4 is 5.32 Å². The van der Waals surface area contributed by atoms with Crippen molar-refractivity contribution in [2.75, 3.05) is 13.6 Å². The number of halogens is 1. The molecule has 2 nitrogen and oxygen atoms in total. The topological polar surface area (TPSA) is 24.9 Å². The zero-order chi connectivity index (χ0) is 12.3. The molecule has 90 valence electrons. The molecule has 3 heteroatoms. The van der Waals surface area contributed by atoms with Crippen molar-refractivity contribution in [2.24, 2.45) is 0 Å². The fraction of sp³-hybridized carbons (Fsp3) is 0.357. The number of hydrogen-bond donors (Lipinski definition) is 1. The number of pyridine rings is 1. The first-order valence-corrected chi connectivity index (χ1v) is 6.33. The summed E-state index contributed by atoms with van der Waals surface area (Å²) in [6.45, 7) is 3.10. The van der Waals surface area contributed by atoms with E-state index in [2.05, 4.69) is 29.4 Å². The number of hydrogen-bond acceptors (Lipinski definition) is 2. The van der Waals surface area contributed by atoms with Crippen LogP contribution in [-0.2, 0) is 0 Å². The van der Waals surface area contributed by atoms with Gasteiger partial charge in [-0.25, -0.2) is 4.98 Å². The van der Waals surface area contributed by atoms with Gasteiger partial charge in [0.2, 0.25) is 0 Å². The quantitative estimate of drug-likeness (QED) is 0.837. The molecule has 1 aromatic heterocycles. The van der Waals surface area contributed by atoms with E-state index in [0.29, 0.717) is 11.1 Å². The van der Waals surface area contributed by atoms with Crippen molar-refractivity contribution in [3.8, 4) is 0 Å². The van der Waals surface area contributed by atoms with Crippen molar-refractivity contribution in [3.63, 3.8) is 0 Å². The minimum atomic E-state index is 0.421. The summed E-state index contributed by atoms with van der Waals surface area (Å²) in [4.78, 5) is 4.46. The van der Waals surface area contributed by atoms with Crippen LogP contribution in [0.1, 0.15) is 24.8 Å². The number of aromatic nitrogens is 1. The van der Waals surface area contributed by atoms with Gasteiger partial charge in [0, 0.05) is 11.9 Å². The first-order chi connectivity index (χ1) is 8.26. The third-order valence-electron chi connectivity index (χ3n) is 3.09. The molecule has 1 heterocycles. The zero-order valence-electron chi connectivity index (χ0n) is 10.2. The molecule has 0 radical (unpaired) electrons. The lowest BCUT2D eigenvalue weighted by Crippen LogP contribution is -2.17. The Morgan fingerprint density at radius 2 is 2.12 bits per heavy atom. The molecule has 17 heavy (non-hydrogen) atoms. The molecule has 0 aliphatic carbocycles. The van der Waals surface area contributed by atoms with E-state index in [0.717, 1.165) is 29.4 Å². The lowest BCUT2D eigenvalue weighted by molar-refractivity contribution is 0.611. The first-order valence-electron chi connectivity index (χ1n) is 5.96. The average Bonchev–Trinajstić information content (AvgIpc) is 2.35. The smallest absolute Gasteiger partial charge is 0.133 e. The zero-order valence-corrected chi connectivity index (χ0v) is 11.0. The molecule has 2 rings (SSSR count). The molecule has 0 amide bonds. The maximum atomic E-state index is 6.27. The predicted molar refractivity (Wildman–Crippen MR) is 73.7 cm³/mol. The fourth-order valence-corrected chi connectivity index (χ4v) is 2.42. The van der Waals surface area contributed by atoms with Crippen LogP contribution in [0, 0.1) is 0 Å². The van der Waals surface area contributed by atoms with Gasteiger partial charge in [-0.3, -0.25) is 0 Å². The van der Waals surface area contributed by atoms with Gasteiger partial charge in [-0.15, -0.1) is 0 Å². The summed E-state index contributed by atoms with van der Waals surface area (Å²) in [6.07, 6.45) is 1.06. The molecule has 1 atom stereocenters. The molecule has 0 saturated heterocycles. The molecular weight excluding hydrogens is 232 g/mol. The van der Waals surface area contributed by atoms with Crippen molar-refractivity contribution in [2.45, 2.75) is 19.3 Å². The van der Waals surface area contributed by atoms with Gasteiger partial charge in [0.1, 0.15) is 5.15 Å². The number of nitrogens with one attached hydrogen (secondary N) is 1. The Kier molecular flexibility index (Phi) is 3.97. The van der Waals surface area contributed by atoms with Crippen LogP contribution in [0.3, 0.4) is 0 Å². The molecular formula is C14H17ClN2. The van der Waals surface area contributed by atoms with Crippen LogP contribution >= 0.6 is 11.6 Å². The molecule has 0 fully saturated rings. The number of nitrogens with zero attached hydrogens (tertiary/aromatic N) is 1. The fourth-order valence-electron chi connectivity index (χ4n) is 2.12. The number of benzene rings is 1. The molecule has 0 aliphatic heterocycles. The van der Waals surface area contributed by atoms with Crippen LogP contribution in [0.4, 0.5) is 0 Å². The second kappa shape index (κ2) is 5.48. The minimum absolute atomic E-state index is 0.421. The van der Waals surface area contributed by atoms with Crippen LogP contribution in [0.15, 0.2) is 30.3 Å². The van der Waals surface area contributed by atoms with E-state index in [4.69, 9.17) is 11.6 Å². The van der Waals surface area contributed by atoms with E-state index in [1.54, 1.807) is 0 Å². The second-order valence-electron chi connectivity index (χ2n) is 4.22. The van der Waals surface area contributed by atoms with Crippen molar-refractivity contribution in [3.05, 3.63) is 41.0 Å². The van der Waals surface area contributed by atoms with E-state index in [9.17, 15) is 0 Å². The van der Waals surface area contributed by atoms with Gasteiger partial charge in [0.15, 0.2) is 0 Å². The maximum Gasteiger partial charge on any atom is 0.133 e. The Morgan fingerprint density at radius 3 is 2.82 bits per heavy atom. The van der Waals surface area contributed by atoms with Crippen molar-refractivity contribution in [1.82, 2.24) is 10.3 Å². The van der Waals surface area contributed by atoms with Gasteiger partial charge in [-0.1, -0.05) is 36.7 Å². The van der Waals surface area contributed by atoms with Gasteiger partial charge in [0.25, 0.3) is 0 Å². The highest BCUT2D eigenvalue weighted by Crippen LogP contribution is 2.28. The molecule has 0 bridgehead atoms. The van der Waals surface area contributed by atoms with Crippen molar-refractivity contribution < 1.29 is 0 Å². The number of likely N-dealkylation sites (N-methyl/N-ethyl adjacent to an activating group) is 1. The summed E-state index contributed by atoms with van der Waals surface area (Å²) in [6, 6.07) is 10.2. The SMILES string of the molecule is CCC(CNC)c1cc2ccccc2nc1Cl. The molecule has 0 saturated carbocycles.